The number of hydrogen-bond donors (Lipinski definition) is 2. The third-order valence-corrected chi connectivity index (χ3v) is 4.51. The average Bonchev–Trinajstić information content (AvgIpc) is 2.99. The molecule has 3 unspecified atom stereocenters. The molecule has 0 aromatic carbocycles. The zero-order valence-corrected chi connectivity index (χ0v) is 14.0. The van der Waals surface area contributed by atoms with Crippen LogP contribution in [0.15, 0.2) is 36.2 Å². The maximum atomic E-state index is 12.5. The van der Waals surface area contributed by atoms with Gasteiger partial charge in [-0.2, -0.15) is 0 Å². The minimum Gasteiger partial charge on any atom is -0.480 e. The van der Waals surface area contributed by atoms with E-state index in [4.69, 9.17) is 0 Å². The highest BCUT2D eigenvalue weighted by molar-refractivity contribution is 5.88. The number of aromatic nitrogens is 1. The Balaban J connectivity index is 2.05. The fraction of sp³-hybridized carbons (Fsp3) is 0.500. The number of carboxylic acid groups (broad SMARTS) is 1. The number of nitrogens with one attached hydrogen (secondary N) is 1. The lowest BCUT2D eigenvalue weighted by atomic mass is 10.1. The number of carbonyl (C=O) groups is 2. The van der Waals surface area contributed by atoms with Crippen LogP contribution in [0.4, 0.5) is 0 Å². The van der Waals surface area contributed by atoms with Crippen molar-refractivity contribution in [1.29, 1.82) is 0 Å². The summed E-state index contributed by atoms with van der Waals surface area (Å²) in [7, 11) is 0. The molecule has 1 saturated carbocycles. The Labute approximate surface area is 136 Å². The second-order valence-electron chi connectivity index (χ2n) is 7.03. The normalized spacial score (nSPS) is 22.8. The first kappa shape index (κ1) is 17.2. The summed E-state index contributed by atoms with van der Waals surface area (Å²) in [4.78, 5) is 27.9. The highest BCUT2D eigenvalue weighted by Crippen LogP contribution is 2.59. The predicted octanol–water partition coefficient (Wildman–Crippen LogP) is 2.43. The Morgan fingerprint density at radius 2 is 1.96 bits per heavy atom. The second kappa shape index (κ2) is 6.52. The molecular formula is C18H24N2O3. The van der Waals surface area contributed by atoms with E-state index in [1.165, 1.54) is 5.57 Å². The van der Waals surface area contributed by atoms with E-state index in [1.54, 1.807) is 24.5 Å². The van der Waals surface area contributed by atoms with Crippen molar-refractivity contribution in [2.45, 2.75) is 40.2 Å². The van der Waals surface area contributed by atoms with E-state index in [0.717, 1.165) is 5.56 Å². The number of aliphatic carboxylic acids is 1. The molecule has 124 valence electrons. The van der Waals surface area contributed by atoms with Gasteiger partial charge in [0.05, 0.1) is 5.92 Å². The average molecular weight is 316 g/mol. The predicted molar refractivity (Wildman–Crippen MR) is 87.7 cm³/mol. The van der Waals surface area contributed by atoms with Crippen molar-refractivity contribution in [2.24, 2.45) is 17.3 Å². The van der Waals surface area contributed by atoms with Gasteiger partial charge in [0.1, 0.15) is 6.04 Å². The smallest absolute Gasteiger partial charge is 0.326 e. The van der Waals surface area contributed by atoms with Crippen LogP contribution in [0.3, 0.4) is 0 Å². The summed E-state index contributed by atoms with van der Waals surface area (Å²) in [5, 5.41) is 12.1. The Bertz CT molecular complexity index is 618. The largest absolute Gasteiger partial charge is 0.480 e. The zero-order valence-electron chi connectivity index (χ0n) is 14.0. The van der Waals surface area contributed by atoms with Crippen LogP contribution in [-0.2, 0) is 16.0 Å². The molecule has 2 rings (SSSR count). The Hall–Kier alpha value is -2.17. The van der Waals surface area contributed by atoms with Crippen molar-refractivity contribution in [3.05, 3.63) is 41.7 Å². The van der Waals surface area contributed by atoms with Crippen LogP contribution in [0.1, 0.15) is 33.3 Å². The van der Waals surface area contributed by atoms with Crippen molar-refractivity contribution in [3.63, 3.8) is 0 Å². The Morgan fingerprint density at radius 1 is 1.35 bits per heavy atom. The van der Waals surface area contributed by atoms with Crippen LogP contribution >= 0.6 is 0 Å². The van der Waals surface area contributed by atoms with Gasteiger partial charge in [-0.25, -0.2) is 4.79 Å². The van der Waals surface area contributed by atoms with Gasteiger partial charge >= 0.3 is 5.97 Å². The summed E-state index contributed by atoms with van der Waals surface area (Å²) in [5.74, 6) is -1.20. The van der Waals surface area contributed by atoms with E-state index in [2.05, 4.69) is 16.4 Å². The number of nitrogens with zero attached hydrogens (tertiary/aromatic N) is 1. The fourth-order valence-corrected chi connectivity index (χ4v) is 3.06. The molecule has 1 aliphatic rings. The van der Waals surface area contributed by atoms with Crippen LogP contribution in [0, 0.1) is 17.3 Å². The maximum absolute atomic E-state index is 12.5. The topological polar surface area (TPSA) is 79.3 Å². The monoisotopic (exact) mass is 316 g/mol. The van der Waals surface area contributed by atoms with E-state index in [9.17, 15) is 14.7 Å². The molecule has 0 bridgehead atoms. The lowest BCUT2D eigenvalue weighted by molar-refractivity contribution is -0.142. The van der Waals surface area contributed by atoms with E-state index < -0.39 is 12.0 Å². The number of rotatable bonds is 6. The van der Waals surface area contributed by atoms with Crippen molar-refractivity contribution in [2.75, 3.05) is 0 Å². The number of allylic oxidation sites excluding steroid dienone is 2. The lowest BCUT2D eigenvalue weighted by Crippen LogP contribution is -2.43. The number of pyridine rings is 1. The minimum absolute atomic E-state index is 0.124. The molecule has 1 aromatic heterocycles. The van der Waals surface area contributed by atoms with Crippen LogP contribution in [0.2, 0.25) is 0 Å². The number of amides is 1. The Kier molecular flexibility index (Phi) is 4.88. The van der Waals surface area contributed by atoms with Gasteiger partial charge in [0.25, 0.3) is 0 Å². The number of carboxylic acids is 1. The summed E-state index contributed by atoms with van der Waals surface area (Å²) >= 11 is 0. The lowest BCUT2D eigenvalue weighted by Gasteiger charge is -2.15. The van der Waals surface area contributed by atoms with Crippen molar-refractivity contribution in [3.8, 4) is 0 Å². The third kappa shape index (κ3) is 3.97. The molecular weight excluding hydrogens is 292 g/mol. The molecule has 0 saturated heterocycles. The van der Waals surface area contributed by atoms with E-state index >= 15 is 0 Å². The highest BCUT2D eigenvalue weighted by Gasteiger charge is 2.60. The van der Waals surface area contributed by atoms with E-state index in [-0.39, 0.29) is 29.6 Å². The quantitative estimate of drug-likeness (QED) is 0.790. The molecule has 1 aromatic rings. The number of carbonyl (C=O) groups excluding carboxylic acids is 1. The van der Waals surface area contributed by atoms with Gasteiger partial charge in [-0.15, -0.1) is 0 Å². The van der Waals surface area contributed by atoms with Crippen molar-refractivity contribution in [1.82, 2.24) is 10.3 Å². The zero-order chi connectivity index (χ0) is 17.2. The van der Waals surface area contributed by atoms with Crippen molar-refractivity contribution < 1.29 is 14.7 Å². The first-order valence-corrected chi connectivity index (χ1v) is 7.80. The van der Waals surface area contributed by atoms with Gasteiger partial charge < -0.3 is 10.4 Å². The van der Waals surface area contributed by atoms with Gasteiger partial charge in [-0.3, -0.25) is 9.78 Å². The molecule has 2 N–H and O–H groups in total. The SMILES string of the molecule is CC(C)=CC1C(C(=O)NC(Cc2ccncc2)C(=O)O)C1(C)C. The van der Waals surface area contributed by atoms with Gasteiger partial charge in [0.15, 0.2) is 0 Å². The van der Waals surface area contributed by atoms with Crippen LogP contribution < -0.4 is 5.32 Å². The number of hydrogen-bond acceptors (Lipinski definition) is 3. The summed E-state index contributed by atoms with van der Waals surface area (Å²) in [6.45, 7) is 8.10. The van der Waals surface area contributed by atoms with Gasteiger partial charge in [0, 0.05) is 18.8 Å². The summed E-state index contributed by atoms with van der Waals surface area (Å²) in [6.07, 6.45) is 5.59. The molecule has 1 aliphatic carbocycles. The highest BCUT2D eigenvalue weighted by atomic mass is 16.4. The van der Waals surface area contributed by atoms with Crippen LogP contribution in [0.5, 0.6) is 0 Å². The standard InChI is InChI=1S/C18H24N2O3/c1-11(2)9-13-15(18(13,3)4)16(21)20-14(17(22)23)10-12-5-7-19-8-6-12/h5-9,13-15H,10H2,1-4H3,(H,20,21)(H,22,23). The van der Waals surface area contributed by atoms with Crippen molar-refractivity contribution >= 4 is 11.9 Å². The van der Waals surface area contributed by atoms with Gasteiger partial charge in [-0.05, 0) is 42.9 Å². The molecule has 3 atom stereocenters. The Morgan fingerprint density at radius 3 is 2.48 bits per heavy atom. The molecule has 1 heterocycles. The summed E-state index contributed by atoms with van der Waals surface area (Å²) in [6, 6.07) is 2.60. The van der Waals surface area contributed by atoms with Crippen LogP contribution in [0.25, 0.3) is 0 Å². The molecule has 0 spiro atoms. The second-order valence-corrected chi connectivity index (χ2v) is 7.03. The van der Waals surface area contributed by atoms with E-state index in [1.807, 2.05) is 27.7 Å². The van der Waals surface area contributed by atoms with Gasteiger partial charge in [-0.1, -0.05) is 25.5 Å². The molecule has 5 nitrogen and oxygen atoms in total. The van der Waals surface area contributed by atoms with Crippen LogP contribution in [-0.4, -0.2) is 28.0 Å². The first-order valence-electron chi connectivity index (χ1n) is 7.80. The molecule has 5 heteroatoms. The maximum Gasteiger partial charge on any atom is 0.326 e. The summed E-state index contributed by atoms with van der Waals surface area (Å²) in [5.41, 5.74) is 1.88. The molecule has 0 radical (unpaired) electrons. The minimum atomic E-state index is -1.02. The van der Waals surface area contributed by atoms with E-state index in [0.29, 0.717) is 0 Å². The third-order valence-electron chi connectivity index (χ3n) is 4.51. The molecule has 23 heavy (non-hydrogen) atoms. The first-order chi connectivity index (χ1) is 10.7. The molecule has 1 fully saturated rings. The summed E-state index contributed by atoms with van der Waals surface area (Å²) < 4.78 is 0. The molecule has 1 amide bonds. The fourth-order valence-electron chi connectivity index (χ4n) is 3.06. The molecule has 0 aliphatic heterocycles. The van der Waals surface area contributed by atoms with Gasteiger partial charge in [0.2, 0.25) is 5.91 Å².